The predicted molar refractivity (Wildman–Crippen MR) is 102 cm³/mol. The summed E-state index contributed by atoms with van der Waals surface area (Å²) in [5, 5.41) is 5.16. The molecule has 1 aliphatic carbocycles. The van der Waals surface area contributed by atoms with Gasteiger partial charge in [-0.2, -0.15) is 0 Å². The first-order valence-corrected chi connectivity index (χ1v) is 8.22. The molecule has 0 aromatic heterocycles. The zero-order valence-corrected chi connectivity index (χ0v) is 15.0. The van der Waals surface area contributed by atoms with Crippen LogP contribution in [0.5, 0.6) is 0 Å². The minimum absolute atomic E-state index is 0. The van der Waals surface area contributed by atoms with Crippen molar-refractivity contribution >= 4 is 30.1 Å². The van der Waals surface area contributed by atoms with Crippen molar-refractivity contribution in [3.05, 3.63) is 65.7 Å². The lowest BCUT2D eigenvalue weighted by atomic mass is 10.1. The van der Waals surface area contributed by atoms with Crippen LogP contribution in [-0.2, 0) is 16.1 Å². The third kappa shape index (κ3) is 5.75. The lowest BCUT2D eigenvalue weighted by molar-refractivity contribution is -0.115. The van der Waals surface area contributed by atoms with Gasteiger partial charge >= 0.3 is 6.09 Å². The number of carbonyl (C=O) groups excluding carboxylic acids is 2. The maximum atomic E-state index is 11.9. The molecule has 1 saturated carbocycles. The maximum Gasteiger partial charge on any atom is 0.407 e. The highest BCUT2D eigenvalue weighted by Crippen LogP contribution is 2.39. The lowest BCUT2D eigenvalue weighted by Gasteiger charge is -2.08. The third-order valence-corrected chi connectivity index (χ3v) is 4.07. The van der Waals surface area contributed by atoms with E-state index in [0.717, 1.165) is 12.0 Å². The standard InChI is InChI=1S/C19H21N3O3.ClH/c20-17-10-16(17)14-6-8-15(9-7-14)22-18(23)11-21-19(24)25-12-13-4-2-1-3-5-13;/h1-9,16-17H,10-12,20H2,(H,21,24)(H,22,23);1H/t16-,17+;/m0./s1. The van der Waals surface area contributed by atoms with Gasteiger partial charge in [0.2, 0.25) is 5.91 Å². The van der Waals surface area contributed by atoms with E-state index in [1.165, 1.54) is 5.56 Å². The summed E-state index contributed by atoms with van der Waals surface area (Å²) in [5.41, 5.74) is 8.58. The molecule has 2 aromatic carbocycles. The molecule has 0 radical (unpaired) electrons. The smallest absolute Gasteiger partial charge is 0.407 e. The van der Waals surface area contributed by atoms with Gasteiger partial charge in [-0.05, 0) is 29.7 Å². The van der Waals surface area contributed by atoms with Crippen LogP contribution in [0.2, 0.25) is 0 Å². The highest BCUT2D eigenvalue weighted by molar-refractivity contribution is 5.93. The topological polar surface area (TPSA) is 93.5 Å². The Morgan fingerprint density at radius 3 is 2.35 bits per heavy atom. The fourth-order valence-corrected chi connectivity index (χ4v) is 2.54. The highest BCUT2D eigenvalue weighted by atomic mass is 35.5. The number of amides is 2. The van der Waals surface area contributed by atoms with Crippen molar-refractivity contribution in [2.24, 2.45) is 5.73 Å². The molecule has 4 N–H and O–H groups in total. The summed E-state index contributed by atoms with van der Waals surface area (Å²) in [7, 11) is 0. The van der Waals surface area contributed by atoms with Gasteiger partial charge in [0.05, 0.1) is 0 Å². The van der Waals surface area contributed by atoms with Crippen molar-refractivity contribution in [1.82, 2.24) is 5.32 Å². The molecule has 0 aliphatic heterocycles. The van der Waals surface area contributed by atoms with Gasteiger partial charge in [0.15, 0.2) is 0 Å². The molecule has 0 bridgehead atoms. The summed E-state index contributed by atoms with van der Waals surface area (Å²) in [6, 6.07) is 17.2. The Morgan fingerprint density at radius 1 is 1.08 bits per heavy atom. The number of ether oxygens (including phenoxy) is 1. The van der Waals surface area contributed by atoms with Gasteiger partial charge < -0.3 is 21.1 Å². The fraction of sp³-hybridized carbons (Fsp3) is 0.263. The molecule has 0 saturated heterocycles. The Hall–Kier alpha value is -2.57. The van der Waals surface area contributed by atoms with Crippen molar-refractivity contribution < 1.29 is 14.3 Å². The number of hydrogen-bond acceptors (Lipinski definition) is 4. The molecule has 3 rings (SSSR count). The van der Waals surface area contributed by atoms with Gasteiger partial charge in [0.1, 0.15) is 13.2 Å². The minimum Gasteiger partial charge on any atom is -0.445 e. The second-order valence-electron chi connectivity index (χ2n) is 6.09. The van der Waals surface area contributed by atoms with Crippen LogP contribution in [0.25, 0.3) is 0 Å². The SMILES string of the molecule is Cl.N[C@@H]1C[C@H]1c1ccc(NC(=O)CNC(=O)OCc2ccccc2)cc1. The molecule has 1 fully saturated rings. The summed E-state index contributed by atoms with van der Waals surface area (Å²) in [6.07, 6.45) is 0.387. The van der Waals surface area contributed by atoms with Gasteiger partial charge in [-0.25, -0.2) is 4.79 Å². The zero-order valence-electron chi connectivity index (χ0n) is 14.2. The van der Waals surface area contributed by atoms with E-state index < -0.39 is 6.09 Å². The monoisotopic (exact) mass is 375 g/mol. The zero-order chi connectivity index (χ0) is 17.6. The van der Waals surface area contributed by atoms with E-state index in [9.17, 15) is 9.59 Å². The number of alkyl carbamates (subject to hydrolysis) is 1. The fourth-order valence-electron chi connectivity index (χ4n) is 2.54. The van der Waals surface area contributed by atoms with E-state index >= 15 is 0 Å². The van der Waals surface area contributed by atoms with E-state index in [4.69, 9.17) is 10.5 Å². The summed E-state index contributed by atoms with van der Waals surface area (Å²) in [6.45, 7) is 0.0158. The quantitative estimate of drug-likeness (QED) is 0.723. The molecule has 1 aliphatic rings. The first-order valence-electron chi connectivity index (χ1n) is 8.22. The highest BCUT2D eigenvalue weighted by Gasteiger charge is 2.34. The van der Waals surface area contributed by atoms with Gasteiger partial charge in [0.25, 0.3) is 0 Å². The van der Waals surface area contributed by atoms with Crippen molar-refractivity contribution in [3.8, 4) is 0 Å². The van der Waals surface area contributed by atoms with E-state index in [1.54, 1.807) is 0 Å². The molecule has 6 nitrogen and oxygen atoms in total. The van der Waals surface area contributed by atoms with Crippen LogP contribution in [0.4, 0.5) is 10.5 Å². The molecular formula is C19H22ClN3O3. The number of carbonyl (C=O) groups is 2. The van der Waals surface area contributed by atoms with Crippen LogP contribution in [-0.4, -0.2) is 24.6 Å². The largest absolute Gasteiger partial charge is 0.445 e. The Morgan fingerprint density at radius 2 is 1.73 bits per heavy atom. The van der Waals surface area contributed by atoms with Crippen molar-refractivity contribution in [2.75, 3.05) is 11.9 Å². The summed E-state index contributed by atoms with van der Waals surface area (Å²) in [5.74, 6) is 0.123. The first-order chi connectivity index (χ1) is 12.1. The normalized spacial score (nSPS) is 17.6. The van der Waals surface area contributed by atoms with E-state index in [1.807, 2.05) is 54.6 Å². The van der Waals surface area contributed by atoms with Crippen LogP contribution in [0.15, 0.2) is 54.6 Å². The van der Waals surface area contributed by atoms with Crippen LogP contribution >= 0.6 is 12.4 Å². The molecule has 2 amide bonds. The second kappa shape index (κ2) is 9.22. The number of nitrogens with two attached hydrogens (primary N) is 1. The number of anilines is 1. The van der Waals surface area contributed by atoms with E-state index in [2.05, 4.69) is 10.6 Å². The Bertz CT molecular complexity index is 737. The molecule has 2 aromatic rings. The van der Waals surface area contributed by atoms with Crippen molar-refractivity contribution in [3.63, 3.8) is 0 Å². The average Bonchev–Trinajstić information content (AvgIpc) is 3.36. The van der Waals surface area contributed by atoms with Crippen LogP contribution < -0.4 is 16.4 Å². The Kier molecular flexibility index (Phi) is 7.00. The van der Waals surface area contributed by atoms with Gasteiger partial charge in [0, 0.05) is 17.6 Å². The molecule has 0 spiro atoms. The van der Waals surface area contributed by atoms with Crippen LogP contribution in [0.1, 0.15) is 23.5 Å². The number of halogens is 1. The Balaban J connectivity index is 0.00000243. The summed E-state index contributed by atoms with van der Waals surface area (Å²) in [4.78, 5) is 23.5. The summed E-state index contributed by atoms with van der Waals surface area (Å²) < 4.78 is 5.05. The maximum absolute atomic E-state index is 11.9. The molecule has 2 atom stereocenters. The van der Waals surface area contributed by atoms with Gasteiger partial charge in [-0.1, -0.05) is 42.5 Å². The van der Waals surface area contributed by atoms with Gasteiger partial charge in [-0.3, -0.25) is 4.79 Å². The third-order valence-electron chi connectivity index (χ3n) is 4.07. The molecule has 138 valence electrons. The second-order valence-corrected chi connectivity index (χ2v) is 6.09. The van der Waals surface area contributed by atoms with Crippen LogP contribution in [0.3, 0.4) is 0 Å². The first kappa shape index (κ1) is 19.8. The minimum atomic E-state index is -0.628. The van der Waals surface area contributed by atoms with E-state index in [0.29, 0.717) is 11.6 Å². The van der Waals surface area contributed by atoms with Crippen molar-refractivity contribution in [1.29, 1.82) is 0 Å². The molecular weight excluding hydrogens is 354 g/mol. The summed E-state index contributed by atoms with van der Waals surface area (Å²) >= 11 is 0. The average molecular weight is 376 g/mol. The van der Waals surface area contributed by atoms with Gasteiger partial charge in [-0.15, -0.1) is 12.4 Å². The number of nitrogens with one attached hydrogen (secondary N) is 2. The molecule has 26 heavy (non-hydrogen) atoms. The lowest BCUT2D eigenvalue weighted by Crippen LogP contribution is -2.33. The molecule has 0 unspecified atom stereocenters. The van der Waals surface area contributed by atoms with E-state index in [-0.39, 0.29) is 37.5 Å². The van der Waals surface area contributed by atoms with Crippen LogP contribution in [0, 0.1) is 0 Å². The number of benzene rings is 2. The molecule has 0 heterocycles. The number of rotatable bonds is 6. The number of hydrogen-bond donors (Lipinski definition) is 3. The Labute approximate surface area is 158 Å². The molecule has 7 heteroatoms. The van der Waals surface area contributed by atoms with Crippen molar-refractivity contribution in [2.45, 2.75) is 25.0 Å². The predicted octanol–water partition coefficient (Wildman–Crippen LogP) is 2.79.